The fourth-order valence-corrected chi connectivity index (χ4v) is 2.34. The molecule has 0 aromatic heterocycles. The lowest BCUT2D eigenvalue weighted by atomic mass is 10.1. The van der Waals surface area contributed by atoms with Gasteiger partial charge in [0.2, 0.25) is 0 Å². The third kappa shape index (κ3) is 4.48. The van der Waals surface area contributed by atoms with Crippen molar-refractivity contribution >= 4 is 23.6 Å². The highest BCUT2D eigenvalue weighted by atomic mass is 35.5. The number of hydrogen-bond donors (Lipinski definition) is 0. The Morgan fingerprint density at radius 2 is 1.83 bits per heavy atom. The molecule has 0 radical (unpaired) electrons. The number of aliphatic imine (C=N–C) groups is 1. The molecular weight excluding hydrogens is 327 g/mol. The van der Waals surface area contributed by atoms with E-state index in [0.717, 1.165) is 29.9 Å². The van der Waals surface area contributed by atoms with Crippen LogP contribution in [0.2, 0.25) is 5.02 Å². The number of halogens is 2. The lowest BCUT2D eigenvalue weighted by Crippen LogP contribution is -2.20. The molecule has 0 aliphatic rings. The first kappa shape index (κ1) is 18.3. The Bertz CT molecular complexity index is 742. The maximum absolute atomic E-state index is 13.5. The van der Waals surface area contributed by atoms with E-state index in [-0.39, 0.29) is 5.02 Å². The maximum atomic E-state index is 13.5. The predicted molar refractivity (Wildman–Crippen MR) is 98.5 cm³/mol. The molecule has 128 valence electrons. The minimum atomic E-state index is -0.496. The lowest BCUT2D eigenvalue weighted by Gasteiger charge is -2.15. The quantitative estimate of drug-likeness (QED) is 0.480. The summed E-state index contributed by atoms with van der Waals surface area (Å²) in [4.78, 5) is 6.67. The molecule has 2 aromatic rings. The van der Waals surface area contributed by atoms with Gasteiger partial charge < -0.3 is 9.64 Å². The second kappa shape index (κ2) is 8.15. The highest BCUT2D eigenvalue weighted by Gasteiger charge is 2.08. The summed E-state index contributed by atoms with van der Waals surface area (Å²) in [6.07, 6.45) is 1.86. The van der Waals surface area contributed by atoms with E-state index in [9.17, 15) is 4.39 Å². The fraction of sp³-hybridized carbons (Fsp3) is 0.316. The molecule has 0 fully saturated rings. The van der Waals surface area contributed by atoms with Crippen LogP contribution >= 0.6 is 11.6 Å². The monoisotopic (exact) mass is 348 g/mol. The van der Waals surface area contributed by atoms with Crippen LogP contribution in [0.5, 0.6) is 11.5 Å². The van der Waals surface area contributed by atoms with Gasteiger partial charge in [0, 0.05) is 19.2 Å². The summed E-state index contributed by atoms with van der Waals surface area (Å²) in [5, 5.41) is 0.0799. The molecule has 0 aliphatic carbocycles. The first-order valence-electron chi connectivity index (χ1n) is 7.97. The van der Waals surface area contributed by atoms with Crippen molar-refractivity contribution in [1.29, 1.82) is 0 Å². The van der Waals surface area contributed by atoms with E-state index in [4.69, 9.17) is 16.3 Å². The van der Waals surface area contributed by atoms with Crippen molar-refractivity contribution in [2.24, 2.45) is 4.99 Å². The van der Waals surface area contributed by atoms with E-state index in [1.165, 1.54) is 12.1 Å². The van der Waals surface area contributed by atoms with Crippen LogP contribution in [0.4, 0.5) is 10.1 Å². The Balaban J connectivity index is 2.24. The number of rotatable bonds is 6. The highest BCUT2D eigenvalue weighted by molar-refractivity contribution is 6.30. The molecule has 0 bridgehead atoms. The van der Waals surface area contributed by atoms with Gasteiger partial charge in [0.15, 0.2) is 0 Å². The van der Waals surface area contributed by atoms with Gasteiger partial charge in [-0.3, -0.25) is 0 Å². The molecule has 3 nitrogen and oxygen atoms in total. The summed E-state index contributed by atoms with van der Waals surface area (Å²) in [6, 6.07) is 8.29. The van der Waals surface area contributed by atoms with E-state index >= 15 is 0 Å². The standard InChI is InChI=1S/C19H22ClFN2O/c1-5-23(6-2)12-22-18-9-14(4)19(10-13(18)3)24-15-7-8-16(20)17(21)11-15/h7-12H,5-6H2,1-4H3/b22-12+. The van der Waals surface area contributed by atoms with Gasteiger partial charge in [-0.05, 0) is 63.1 Å². The Kier molecular flexibility index (Phi) is 6.21. The second-order valence-electron chi connectivity index (χ2n) is 5.55. The van der Waals surface area contributed by atoms with Crippen LogP contribution < -0.4 is 4.74 Å². The van der Waals surface area contributed by atoms with E-state index < -0.39 is 5.82 Å². The largest absolute Gasteiger partial charge is 0.457 e. The normalized spacial score (nSPS) is 11.1. The van der Waals surface area contributed by atoms with Crippen molar-refractivity contribution in [3.05, 3.63) is 52.3 Å². The number of nitrogens with zero attached hydrogens (tertiary/aromatic N) is 2. The molecule has 0 aliphatic heterocycles. The zero-order chi connectivity index (χ0) is 17.7. The smallest absolute Gasteiger partial charge is 0.145 e. The van der Waals surface area contributed by atoms with Crippen molar-refractivity contribution in [3.63, 3.8) is 0 Å². The summed E-state index contributed by atoms with van der Waals surface area (Å²) < 4.78 is 19.3. The third-order valence-corrected chi connectivity index (χ3v) is 4.09. The van der Waals surface area contributed by atoms with Crippen molar-refractivity contribution in [2.45, 2.75) is 27.7 Å². The second-order valence-corrected chi connectivity index (χ2v) is 5.96. The van der Waals surface area contributed by atoms with E-state index in [0.29, 0.717) is 11.5 Å². The summed E-state index contributed by atoms with van der Waals surface area (Å²) in [5.74, 6) is 0.596. The first-order valence-corrected chi connectivity index (χ1v) is 8.34. The van der Waals surface area contributed by atoms with Crippen molar-refractivity contribution in [2.75, 3.05) is 13.1 Å². The van der Waals surface area contributed by atoms with Crippen molar-refractivity contribution < 1.29 is 9.13 Å². The fourth-order valence-electron chi connectivity index (χ4n) is 2.22. The average molecular weight is 349 g/mol. The average Bonchev–Trinajstić information content (AvgIpc) is 2.56. The van der Waals surface area contributed by atoms with Crippen LogP contribution in [0.3, 0.4) is 0 Å². The molecule has 0 unspecified atom stereocenters. The van der Waals surface area contributed by atoms with Crippen LogP contribution in [-0.4, -0.2) is 24.3 Å². The van der Waals surface area contributed by atoms with Gasteiger partial charge in [-0.2, -0.15) is 0 Å². The molecule has 0 amide bonds. The van der Waals surface area contributed by atoms with Gasteiger partial charge >= 0.3 is 0 Å². The van der Waals surface area contributed by atoms with Crippen molar-refractivity contribution in [1.82, 2.24) is 4.90 Å². The Labute approximate surface area is 147 Å². The predicted octanol–water partition coefficient (Wildman–Crippen LogP) is 5.89. The molecule has 5 heteroatoms. The zero-order valence-corrected chi connectivity index (χ0v) is 15.2. The summed E-state index contributed by atoms with van der Waals surface area (Å²) in [7, 11) is 0. The molecular formula is C19H22ClFN2O. The number of ether oxygens (including phenoxy) is 1. The minimum Gasteiger partial charge on any atom is -0.457 e. The first-order chi connectivity index (χ1) is 11.4. The van der Waals surface area contributed by atoms with E-state index in [1.807, 2.05) is 32.3 Å². The van der Waals surface area contributed by atoms with Crippen molar-refractivity contribution in [3.8, 4) is 11.5 Å². The number of aryl methyl sites for hydroxylation is 2. The van der Waals surface area contributed by atoms with Crippen LogP contribution in [0.15, 0.2) is 35.3 Å². The molecule has 0 spiro atoms. The van der Waals surface area contributed by atoms with Gasteiger partial charge in [0.1, 0.15) is 17.3 Å². The molecule has 0 N–H and O–H groups in total. The summed E-state index contributed by atoms with van der Waals surface area (Å²) in [5.41, 5.74) is 2.82. The highest BCUT2D eigenvalue weighted by Crippen LogP contribution is 2.32. The lowest BCUT2D eigenvalue weighted by molar-refractivity contribution is 0.472. The van der Waals surface area contributed by atoms with Gasteiger partial charge in [-0.1, -0.05) is 11.6 Å². The number of benzene rings is 2. The molecule has 0 saturated heterocycles. The van der Waals surface area contributed by atoms with Crippen LogP contribution in [0.1, 0.15) is 25.0 Å². The van der Waals surface area contributed by atoms with Crippen LogP contribution in [-0.2, 0) is 0 Å². The van der Waals surface area contributed by atoms with Gasteiger partial charge in [0.05, 0.1) is 17.0 Å². The van der Waals surface area contributed by atoms with Crippen LogP contribution in [0.25, 0.3) is 0 Å². The van der Waals surface area contributed by atoms with Crippen LogP contribution in [0, 0.1) is 19.7 Å². The van der Waals surface area contributed by atoms with E-state index in [2.05, 4.69) is 23.7 Å². The Morgan fingerprint density at radius 1 is 1.12 bits per heavy atom. The molecule has 24 heavy (non-hydrogen) atoms. The zero-order valence-electron chi connectivity index (χ0n) is 14.4. The Hall–Kier alpha value is -2.07. The van der Waals surface area contributed by atoms with Gasteiger partial charge in [0.25, 0.3) is 0 Å². The van der Waals surface area contributed by atoms with Gasteiger partial charge in [-0.25, -0.2) is 9.38 Å². The van der Waals surface area contributed by atoms with Gasteiger partial charge in [-0.15, -0.1) is 0 Å². The third-order valence-electron chi connectivity index (χ3n) is 3.78. The summed E-state index contributed by atoms with van der Waals surface area (Å²) >= 11 is 5.69. The molecule has 0 saturated carbocycles. The SMILES string of the molecule is CCN(/C=N/c1cc(C)c(Oc2ccc(Cl)c(F)c2)cc1C)CC. The topological polar surface area (TPSA) is 24.8 Å². The maximum Gasteiger partial charge on any atom is 0.145 e. The molecule has 2 aromatic carbocycles. The Morgan fingerprint density at radius 3 is 2.46 bits per heavy atom. The summed E-state index contributed by atoms with van der Waals surface area (Å²) in [6.45, 7) is 9.94. The molecule has 2 rings (SSSR count). The minimum absolute atomic E-state index is 0.0799. The van der Waals surface area contributed by atoms with E-state index in [1.54, 1.807) is 6.07 Å². The molecule has 0 atom stereocenters. The number of hydrogen-bond acceptors (Lipinski definition) is 2. The molecule has 0 heterocycles.